The quantitative estimate of drug-likeness (QED) is 0.198. The van der Waals surface area contributed by atoms with Gasteiger partial charge in [-0.15, -0.1) is 0 Å². The minimum atomic E-state index is -2.49. The Morgan fingerprint density at radius 2 is 1.40 bits per heavy atom. The van der Waals surface area contributed by atoms with E-state index in [4.69, 9.17) is 5.73 Å². The van der Waals surface area contributed by atoms with Gasteiger partial charge in [0.15, 0.2) is 0 Å². The fourth-order valence-corrected chi connectivity index (χ4v) is 4.77. The summed E-state index contributed by atoms with van der Waals surface area (Å²) in [7, 11) is 0. The Balaban J connectivity index is 2.31. The van der Waals surface area contributed by atoms with Crippen molar-refractivity contribution in [2.45, 2.75) is 116 Å². The smallest absolute Gasteiger partial charge is 0.277 e. The van der Waals surface area contributed by atoms with Crippen LogP contribution in [-0.2, 0) is 4.79 Å². The van der Waals surface area contributed by atoms with Crippen LogP contribution in [0, 0.1) is 17.3 Å². The summed E-state index contributed by atoms with van der Waals surface area (Å²) in [4.78, 5) is 11.8. The lowest BCUT2D eigenvalue weighted by molar-refractivity contribution is -0.220. The maximum absolute atomic E-state index is 11.8. The fraction of sp³-hybridized carbons (Fsp3) is 0.808. The summed E-state index contributed by atoms with van der Waals surface area (Å²) in [6, 6.07) is 0. The van der Waals surface area contributed by atoms with Crippen molar-refractivity contribution in [1.29, 1.82) is 0 Å². The van der Waals surface area contributed by atoms with E-state index in [2.05, 4.69) is 6.92 Å². The zero-order valence-electron chi connectivity index (χ0n) is 19.7. The Labute approximate surface area is 185 Å². The van der Waals surface area contributed by atoms with E-state index < -0.39 is 23.0 Å². The van der Waals surface area contributed by atoms with Crippen LogP contribution in [0.4, 0.5) is 0 Å². The molecule has 174 valence electrons. The van der Waals surface area contributed by atoms with Crippen LogP contribution >= 0.6 is 0 Å². The van der Waals surface area contributed by atoms with E-state index in [1.54, 1.807) is 0 Å². The monoisotopic (exact) mass is 421 g/mol. The summed E-state index contributed by atoms with van der Waals surface area (Å²) in [5.74, 6) is -4.06. The highest BCUT2D eigenvalue weighted by Gasteiger charge is 2.51. The Morgan fingerprint density at radius 3 is 1.83 bits per heavy atom. The van der Waals surface area contributed by atoms with Gasteiger partial charge in [-0.25, -0.2) is 0 Å². The maximum Gasteiger partial charge on any atom is 0.277 e. The van der Waals surface area contributed by atoms with Gasteiger partial charge in [0.25, 0.3) is 5.91 Å². The topological polar surface area (TPSA) is 83.6 Å². The van der Waals surface area contributed by atoms with Crippen molar-refractivity contribution in [2.75, 3.05) is 0 Å². The molecule has 1 amide bonds. The van der Waals surface area contributed by atoms with E-state index >= 15 is 0 Å². The molecule has 0 fully saturated rings. The van der Waals surface area contributed by atoms with Crippen LogP contribution in [0.1, 0.15) is 111 Å². The highest BCUT2D eigenvalue weighted by Crippen LogP contribution is 2.46. The molecule has 4 heteroatoms. The second-order valence-corrected chi connectivity index (χ2v) is 9.57. The number of hydrogen-bond donors (Lipinski definition) is 3. The predicted molar refractivity (Wildman–Crippen MR) is 126 cm³/mol. The molecule has 0 heterocycles. The second-order valence-electron chi connectivity index (χ2n) is 9.57. The van der Waals surface area contributed by atoms with E-state index in [1.165, 1.54) is 64.2 Å². The Bertz CT molecular complexity index is 540. The van der Waals surface area contributed by atoms with Crippen LogP contribution in [0.25, 0.3) is 0 Å². The molecule has 0 spiro atoms. The summed E-state index contributed by atoms with van der Waals surface area (Å²) in [6.45, 7) is 6.30. The van der Waals surface area contributed by atoms with Crippen molar-refractivity contribution in [3.8, 4) is 0 Å². The number of amides is 1. The molecule has 0 radical (unpaired) electrons. The number of primary amides is 1. The minimum Gasteiger partial charge on any atom is -0.365 e. The van der Waals surface area contributed by atoms with Crippen molar-refractivity contribution < 1.29 is 15.0 Å². The number of allylic oxidation sites excluding steroid dienone is 4. The first-order valence-corrected chi connectivity index (χ1v) is 12.4. The molecule has 30 heavy (non-hydrogen) atoms. The SMILES string of the molecule is CCCCCCCCCCCCCCCC(C(O)(O)C(N)=O)C1(C)C=CC=CC1C. The number of carbonyl (C=O) groups excluding carboxylic acids is 1. The summed E-state index contributed by atoms with van der Waals surface area (Å²) in [5, 5.41) is 21.0. The molecule has 0 aliphatic heterocycles. The summed E-state index contributed by atoms with van der Waals surface area (Å²) < 4.78 is 0. The number of aliphatic hydroxyl groups is 2. The summed E-state index contributed by atoms with van der Waals surface area (Å²) >= 11 is 0. The average Bonchev–Trinajstić information content (AvgIpc) is 2.70. The van der Waals surface area contributed by atoms with Gasteiger partial charge < -0.3 is 15.9 Å². The van der Waals surface area contributed by atoms with Gasteiger partial charge in [0.05, 0.1) is 0 Å². The van der Waals surface area contributed by atoms with Crippen LogP contribution in [0.15, 0.2) is 24.3 Å². The van der Waals surface area contributed by atoms with Gasteiger partial charge in [0.2, 0.25) is 5.79 Å². The molecule has 1 rings (SSSR count). The van der Waals surface area contributed by atoms with Gasteiger partial charge in [-0.1, -0.05) is 129 Å². The maximum atomic E-state index is 11.8. The lowest BCUT2D eigenvalue weighted by atomic mass is 9.62. The molecular formula is C26H47NO3. The molecule has 0 aromatic carbocycles. The van der Waals surface area contributed by atoms with Crippen LogP contribution < -0.4 is 5.73 Å². The molecule has 4 nitrogen and oxygen atoms in total. The predicted octanol–water partition coefficient (Wildman–Crippen LogP) is 6.02. The van der Waals surface area contributed by atoms with Gasteiger partial charge >= 0.3 is 0 Å². The molecule has 1 aliphatic rings. The zero-order valence-corrected chi connectivity index (χ0v) is 19.7. The highest BCUT2D eigenvalue weighted by atomic mass is 16.5. The van der Waals surface area contributed by atoms with E-state index in [1.807, 2.05) is 38.2 Å². The van der Waals surface area contributed by atoms with E-state index in [-0.39, 0.29) is 5.92 Å². The van der Waals surface area contributed by atoms with Gasteiger partial charge in [-0.3, -0.25) is 4.79 Å². The van der Waals surface area contributed by atoms with Gasteiger partial charge in [0.1, 0.15) is 0 Å². The van der Waals surface area contributed by atoms with Crippen LogP contribution in [0.2, 0.25) is 0 Å². The lowest BCUT2D eigenvalue weighted by Gasteiger charge is -2.45. The van der Waals surface area contributed by atoms with Crippen LogP contribution in [0.5, 0.6) is 0 Å². The standard InChI is InChI=1S/C26H47NO3/c1-4-5-6-7-8-9-10-11-12-13-14-15-16-20-23(26(29,30)24(27)28)25(3)21-18-17-19-22(25)2/h17-19,21-23,29-30H,4-16,20H2,1-3H3,(H2,27,28). The Hall–Kier alpha value is -1.13. The second kappa shape index (κ2) is 14.0. The number of rotatable bonds is 17. The van der Waals surface area contributed by atoms with Crippen molar-refractivity contribution in [1.82, 2.24) is 0 Å². The van der Waals surface area contributed by atoms with Crippen molar-refractivity contribution >= 4 is 5.91 Å². The minimum absolute atomic E-state index is 0.104. The molecule has 1 aliphatic carbocycles. The fourth-order valence-electron chi connectivity index (χ4n) is 4.77. The molecule has 0 aromatic rings. The van der Waals surface area contributed by atoms with E-state index in [0.29, 0.717) is 6.42 Å². The van der Waals surface area contributed by atoms with Crippen molar-refractivity contribution in [3.63, 3.8) is 0 Å². The van der Waals surface area contributed by atoms with Crippen molar-refractivity contribution in [3.05, 3.63) is 24.3 Å². The average molecular weight is 422 g/mol. The Morgan fingerprint density at radius 1 is 0.933 bits per heavy atom. The first-order valence-electron chi connectivity index (χ1n) is 12.4. The molecular weight excluding hydrogens is 374 g/mol. The van der Waals surface area contributed by atoms with Crippen LogP contribution in [0.3, 0.4) is 0 Å². The zero-order chi connectivity index (χ0) is 22.5. The third kappa shape index (κ3) is 8.55. The number of hydrogen-bond acceptors (Lipinski definition) is 3. The molecule has 3 atom stereocenters. The molecule has 3 unspecified atom stereocenters. The van der Waals surface area contributed by atoms with E-state index in [9.17, 15) is 15.0 Å². The van der Waals surface area contributed by atoms with E-state index in [0.717, 1.165) is 19.3 Å². The third-order valence-corrected chi connectivity index (χ3v) is 7.14. The first-order chi connectivity index (χ1) is 14.3. The molecule has 0 saturated heterocycles. The Kier molecular flexibility index (Phi) is 12.6. The largest absolute Gasteiger partial charge is 0.365 e. The number of carbonyl (C=O) groups is 1. The lowest BCUT2D eigenvalue weighted by Crippen LogP contribution is -2.56. The molecule has 0 aromatic heterocycles. The molecule has 0 saturated carbocycles. The number of unbranched alkanes of at least 4 members (excludes halogenated alkanes) is 12. The summed E-state index contributed by atoms with van der Waals surface area (Å²) in [5.41, 5.74) is 4.84. The van der Waals surface area contributed by atoms with Crippen molar-refractivity contribution in [2.24, 2.45) is 23.0 Å². The van der Waals surface area contributed by atoms with Gasteiger partial charge in [-0.2, -0.15) is 0 Å². The first kappa shape index (κ1) is 26.9. The van der Waals surface area contributed by atoms with Gasteiger partial charge in [-0.05, 0) is 12.3 Å². The van der Waals surface area contributed by atoms with Gasteiger partial charge in [0, 0.05) is 11.3 Å². The highest BCUT2D eigenvalue weighted by molar-refractivity contribution is 5.81. The third-order valence-electron chi connectivity index (χ3n) is 7.14. The molecule has 0 bridgehead atoms. The molecule has 4 N–H and O–H groups in total. The summed E-state index contributed by atoms with van der Waals surface area (Å²) in [6.07, 6.45) is 25.0. The van der Waals surface area contributed by atoms with Crippen LogP contribution in [-0.4, -0.2) is 21.9 Å². The number of nitrogens with two attached hydrogens (primary N) is 1. The normalized spacial score (nSPS) is 22.4.